The average Bonchev–Trinajstić information content (AvgIpc) is 3.02. The Morgan fingerprint density at radius 3 is 2.65 bits per heavy atom. The van der Waals surface area contributed by atoms with Crippen molar-refractivity contribution in [3.05, 3.63) is 34.3 Å². The van der Waals surface area contributed by atoms with Gasteiger partial charge >= 0.3 is 0 Å². The summed E-state index contributed by atoms with van der Waals surface area (Å²) in [4.78, 5) is 2.43. The summed E-state index contributed by atoms with van der Waals surface area (Å²) >= 11 is 3.61. The summed E-state index contributed by atoms with van der Waals surface area (Å²) in [5.74, 6) is 0. The fourth-order valence-corrected chi connectivity index (χ4v) is 2.90. The first kappa shape index (κ1) is 13.1. The van der Waals surface area contributed by atoms with Crippen molar-refractivity contribution in [2.45, 2.75) is 19.4 Å². The molecule has 0 bridgehead atoms. The first-order valence-electron chi connectivity index (χ1n) is 6.22. The number of nitrogens with one attached hydrogen (secondary N) is 1. The van der Waals surface area contributed by atoms with Crippen LogP contribution < -0.4 is 5.32 Å². The van der Waals surface area contributed by atoms with Gasteiger partial charge in [-0.2, -0.15) is 0 Å². The van der Waals surface area contributed by atoms with Gasteiger partial charge in [-0.05, 0) is 44.0 Å². The minimum absolute atomic E-state index is 0.546. The van der Waals surface area contributed by atoms with Crippen molar-refractivity contribution in [1.82, 2.24) is 10.2 Å². The zero-order chi connectivity index (χ0) is 12.3. The summed E-state index contributed by atoms with van der Waals surface area (Å²) in [6, 6.07) is 8.48. The Labute approximate surface area is 113 Å². The smallest absolute Gasteiger partial charge is 0.0242 e. The number of rotatable bonds is 6. The molecule has 3 heteroatoms. The lowest BCUT2D eigenvalue weighted by molar-refractivity contribution is 0.252. The van der Waals surface area contributed by atoms with E-state index in [4.69, 9.17) is 0 Å². The summed E-state index contributed by atoms with van der Waals surface area (Å²) in [5.41, 5.74) is 1.92. The Balaban J connectivity index is 1.89. The number of benzene rings is 1. The molecule has 2 rings (SSSR count). The molecule has 0 saturated heterocycles. The van der Waals surface area contributed by atoms with Crippen LogP contribution in [0.4, 0.5) is 0 Å². The highest BCUT2D eigenvalue weighted by molar-refractivity contribution is 9.10. The van der Waals surface area contributed by atoms with Crippen LogP contribution in [0.15, 0.2) is 28.7 Å². The highest BCUT2D eigenvalue weighted by atomic mass is 79.9. The van der Waals surface area contributed by atoms with Gasteiger partial charge in [-0.3, -0.25) is 0 Å². The van der Waals surface area contributed by atoms with Gasteiger partial charge in [0.05, 0.1) is 0 Å². The van der Waals surface area contributed by atoms with Crippen LogP contribution in [0.3, 0.4) is 0 Å². The van der Waals surface area contributed by atoms with Crippen LogP contribution in [-0.4, -0.2) is 32.1 Å². The molecular formula is C14H21BrN2. The van der Waals surface area contributed by atoms with E-state index in [0.29, 0.717) is 5.41 Å². The molecule has 0 unspecified atom stereocenters. The Bertz CT molecular complexity index is 374. The van der Waals surface area contributed by atoms with Gasteiger partial charge in [0, 0.05) is 24.1 Å². The molecule has 1 N–H and O–H groups in total. The van der Waals surface area contributed by atoms with Gasteiger partial charge in [0.1, 0.15) is 0 Å². The Morgan fingerprint density at radius 2 is 2.06 bits per heavy atom. The van der Waals surface area contributed by atoms with Gasteiger partial charge in [0.2, 0.25) is 0 Å². The van der Waals surface area contributed by atoms with Crippen LogP contribution >= 0.6 is 15.9 Å². The van der Waals surface area contributed by atoms with Gasteiger partial charge in [0.25, 0.3) is 0 Å². The molecule has 94 valence electrons. The third-order valence-electron chi connectivity index (χ3n) is 3.51. The first-order valence-corrected chi connectivity index (χ1v) is 7.01. The lowest BCUT2D eigenvalue weighted by Crippen LogP contribution is -2.32. The minimum atomic E-state index is 0.546. The van der Waals surface area contributed by atoms with E-state index >= 15 is 0 Å². The fourth-order valence-electron chi connectivity index (χ4n) is 2.49. The maximum atomic E-state index is 3.61. The molecule has 0 heterocycles. The predicted molar refractivity (Wildman–Crippen MR) is 76.1 cm³/mol. The third kappa shape index (κ3) is 3.54. The van der Waals surface area contributed by atoms with Gasteiger partial charge in [-0.15, -0.1) is 0 Å². The molecule has 0 spiro atoms. The Hall–Kier alpha value is -0.380. The second-order valence-electron chi connectivity index (χ2n) is 5.29. The third-order valence-corrected chi connectivity index (χ3v) is 4.29. The van der Waals surface area contributed by atoms with Crippen LogP contribution in [0, 0.1) is 5.41 Å². The number of hydrogen-bond donors (Lipinski definition) is 1. The first-order chi connectivity index (χ1) is 8.15. The zero-order valence-electron chi connectivity index (χ0n) is 10.7. The van der Waals surface area contributed by atoms with Gasteiger partial charge < -0.3 is 10.2 Å². The second kappa shape index (κ2) is 5.51. The van der Waals surface area contributed by atoms with Crippen LogP contribution in [0.1, 0.15) is 18.4 Å². The summed E-state index contributed by atoms with van der Waals surface area (Å²) in [6.45, 7) is 3.36. The van der Waals surface area contributed by atoms with E-state index in [0.717, 1.165) is 13.1 Å². The van der Waals surface area contributed by atoms with Crippen molar-refractivity contribution in [3.63, 3.8) is 0 Å². The fraction of sp³-hybridized carbons (Fsp3) is 0.571. The second-order valence-corrected chi connectivity index (χ2v) is 6.15. The van der Waals surface area contributed by atoms with Crippen molar-refractivity contribution in [2.24, 2.45) is 5.41 Å². The Kier molecular flexibility index (Phi) is 4.23. The molecule has 17 heavy (non-hydrogen) atoms. The average molecular weight is 297 g/mol. The SMILES string of the molecule is CNCC1(CN(C)Cc2ccccc2Br)CC1. The molecule has 1 saturated carbocycles. The summed E-state index contributed by atoms with van der Waals surface area (Å²) in [5, 5.41) is 3.32. The molecule has 1 aromatic rings. The number of halogens is 1. The molecule has 0 aromatic heterocycles. The summed E-state index contributed by atoms with van der Waals surface area (Å²) in [6.07, 6.45) is 2.74. The molecule has 1 aliphatic carbocycles. The van der Waals surface area contributed by atoms with E-state index in [1.165, 1.54) is 29.4 Å². The van der Waals surface area contributed by atoms with E-state index in [-0.39, 0.29) is 0 Å². The van der Waals surface area contributed by atoms with E-state index in [2.05, 4.69) is 57.5 Å². The van der Waals surface area contributed by atoms with Gasteiger partial charge in [0.15, 0.2) is 0 Å². The largest absolute Gasteiger partial charge is 0.319 e. The monoisotopic (exact) mass is 296 g/mol. The minimum Gasteiger partial charge on any atom is -0.319 e. The molecule has 1 aromatic carbocycles. The maximum absolute atomic E-state index is 3.61. The highest BCUT2D eigenvalue weighted by Crippen LogP contribution is 2.45. The van der Waals surface area contributed by atoms with E-state index < -0.39 is 0 Å². The maximum Gasteiger partial charge on any atom is 0.0242 e. The van der Waals surface area contributed by atoms with Crippen molar-refractivity contribution >= 4 is 15.9 Å². The number of hydrogen-bond acceptors (Lipinski definition) is 2. The zero-order valence-corrected chi connectivity index (χ0v) is 12.3. The standard InChI is InChI=1S/C14H21BrN2/c1-16-10-14(7-8-14)11-17(2)9-12-5-3-4-6-13(12)15/h3-6,16H,7-11H2,1-2H3. The molecular weight excluding hydrogens is 276 g/mol. The predicted octanol–water partition coefficient (Wildman–Crippen LogP) is 2.88. The van der Waals surface area contributed by atoms with E-state index in [1.807, 2.05) is 7.05 Å². The lowest BCUT2D eigenvalue weighted by atomic mass is 10.1. The molecule has 0 atom stereocenters. The molecule has 0 radical (unpaired) electrons. The van der Waals surface area contributed by atoms with E-state index in [9.17, 15) is 0 Å². The van der Waals surface area contributed by atoms with E-state index in [1.54, 1.807) is 0 Å². The van der Waals surface area contributed by atoms with Crippen LogP contribution in [0.5, 0.6) is 0 Å². The lowest BCUT2D eigenvalue weighted by Gasteiger charge is -2.24. The molecule has 1 fully saturated rings. The Morgan fingerprint density at radius 1 is 1.35 bits per heavy atom. The van der Waals surface area contributed by atoms with Crippen molar-refractivity contribution in [3.8, 4) is 0 Å². The van der Waals surface area contributed by atoms with Crippen LogP contribution in [0.25, 0.3) is 0 Å². The van der Waals surface area contributed by atoms with Crippen molar-refractivity contribution in [1.29, 1.82) is 0 Å². The van der Waals surface area contributed by atoms with Crippen LogP contribution in [-0.2, 0) is 6.54 Å². The van der Waals surface area contributed by atoms with Gasteiger partial charge in [-0.1, -0.05) is 34.1 Å². The molecule has 1 aliphatic rings. The quantitative estimate of drug-likeness (QED) is 0.868. The van der Waals surface area contributed by atoms with Crippen molar-refractivity contribution < 1.29 is 0 Å². The van der Waals surface area contributed by atoms with Gasteiger partial charge in [-0.25, -0.2) is 0 Å². The molecule has 2 nitrogen and oxygen atoms in total. The van der Waals surface area contributed by atoms with Crippen molar-refractivity contribution in [2.75, 3.05) is 27.2 Å². The summed E-state index contributed by atoms with van der Waals surface area (Å²) in [7, 11) is 4.27. The van der Waals surface area contributed by atoms with Crippen LogP contribution in [0.2, 0.25) is 0 Å². The summed E-state index contributed by atoms with van der Waals surface area (Å²) < 4.78 is 1.21. The highest BCUT2D eigenvalue weighted by Gasteiger charge is 2.42. The molecule has 0 aliphatic heterocycles. The normalized spacial score (nSPS) is 17.4. The number of nitrogens with zero attached hydrogens (tertiary/aromatic N) is 1. The topological polar surface area (TPSA) is 15.3 Å². The molecule has 0 amide bonds.